The van der Waals surface area contributed by atoms with Gasteiger partial charge in [0.05, 0.1) is 6.26 Å². The van der Waals surface area contributed by atoms with Crippen LogP contribution in [0.3, 0.4) is 0 Å². The Kier molecular flexibility index (Phi) is 5.22. The standard InChI is InChI=1S/C13H27N3O2S/c1-15-8-5-13(6-9-15)14-10-12-4-3-7-16(11-12)19(2,17)18/h12-14H,3-11H2,1-2H3. The van der Waals surface area contributed by atoms with Gasteiger partial charge in [0.25, 0.3) is 0 Å². The molecule has 0 aromatic carbocycles. The van der Waals surface area contributed by atoms with Crippen molar-refractivity contribution in [2.75, 3.05) is 46.0 Å². The van der Waals surface area contributed by atoms with E-state index in [-0.39, 0.29) is 0 Å². The predicted octanol–water partition coefficient (Wildman–Crippen LogP) is 0.342. The molecule has 1 atom stereocenters. The maximum absolute atomic E-state index is 11.6. The molecule has 1 N–H and O–H groups in total. The van der Waals surface area contributed by atoms with E-state index in [1.165, 1.54) is 19.1 Å². The molecule has 2 fully saturated rings. The van der Waals surface area contributed by atoms with Crippen LogP contribution in [0.2, 0.25) is 0 Å². The summed E-state index contributed by atoms with van der Waals surface area (Å²) < 4.78 is 24.8. The highest BCUT2D eigenvalue weighted by Crippen LogP contribution is 2.18. The monoisotopic (exact) mass is 289 g/mol. The van der Waals surface area contributed by atoms with Gasteiger partial charge in [-0.15, -0.1) is 0 Å². The van der Waals surface area contributed by atoms with Crippen LogP contribution in [-0.4, -0.2) is 69.7 Å². The molecule has 6 heteroatoms. The first-order valence-electron chi connectivity index (χ1n) is 7.32. The highest BCUT2D eigenvalue weighted by atomic mass is 32.2. The Labute approximate surface area is 117 Å². The van der Waals surface area contributed by atoms with Crippen molar-refractivity contribution in [2.45, 2.75) is 31.7 Å². The minimum absolute atomic E-state index is 0.475. The summed E-state index contributed by atoms with van der Waals surface area (Å²) in [5.74, 6) is 0.475. The third-order valence-electron chi connectivity index (χ3n) is 4.36. The second-order valence-electron chi connectivity index (χ2n) is 6.12. The number of piperidine rings is 2. The second kappa shape index (κ2) is 6.52. The third kappa shape index (κ3) is 4.70. The molecule has 19 heavy (non-hydrogen) atoms. The van der Waals surface area contributed by atoms with Crippen LogP contribution >= 0.6 is 0 Å². The number of hydrogen-bond donors (Lipinski definition) is 1. The summed E-state index contributed by atoms with van der Waals surface area (Å²) in [6.07, 6.45) is 5.87. The molecule has 0 saturated carbocycles. The molecule has 0 spiro atoms. The summed E-state index contributed by atoms with van der Waals surface area (Å²) in [5, 5.41) is 3.64. The summed E-state index contributed by atoms with van der Waals surface area (Å²) in [6, 6.07) is 0.616. The highest BCUT2D eigenvalue weighted by Gasteiger charge is 2.26. The van der Waals surface area contributed by atoms with Crippen LogP contribution in [0, 0.1) is 5.92 Å². The lowest BCUT2D eigenvalue weighted by molar-refractivity contribution is 0.213. The van der Waals surface area contributed by atoms with E-state index < -0.39 is 10.0 Å². The summed E-state index contributed by atoms with van der Waals surface area (Å²) in [5.41, 5.74) is 0. The van der Waals surface area contributed by atoms with Gasteiger partial charge >= 0.3 is 0 Å². The van der Waals surface area contributed by atoms with Crippen LogP contribution in [-0.2, 0) is 10.0 Å². The second-order valence-corrected chi connectivity index (χ2v) is 8.10. The highest BCUT2D eigenvalue weighted by molar-refractivity contribution is 7.88. The van der Waals surface area contributed by atoms with Crippen LogP contribution in [0.5, 0.6) is 0 Å². The van der Waals surface area contributed by atoms with Crippen molar-refractivity contribution in [3.05, 3.63) is 0 Å². The quantitative estimate of drug-likeness (QED) is 0.811. The van der Waals surface area contributed by atoms with Gasteiger partial charge in [-0.05, 0) is 58.3 Å². The maximum atomic E-state index is 11.6. The van der Waals surface area contributed by atoms with Crippen molar-refractivity contribution < 1.29 is 8.42 Å². The fourth-order valence-corrected chi connectivity index (χ4v) is 3.98. The van der Waals surface area contributed by atoms with E-state index in [1.807, 2.05) is 0 Å². The first kappa shape index (κ1) is 15.2. The van der Waals surface area contributed by atoms with E-state index in [9.17, 15) is 8.42 Å². The number of likely N-dealkylation sites (tertiary alicyclic amines) is 1. The van der Waals surface area contributed by atoms with E-state index in [2.05, 4.69) is 17.3 Å². The minimum atomic E-state index is -3.01. The van der Waals surface area contributed by atoms with E-state index in [1.54, 1.807) is 4.31 Å². The van der Waals surface area contributed by atoms with Crippen molar-refractivity contribution in [1.82, 2.24) is 14.5 Å². The van der Waals surface area contributed by atoms with Gasteiger partial charge in [0.15, 0.2) is 0 Å². The maximum Gasteiger partial charge on any atom is 0.211 e. The van der Waals surface area contributed by atoms with E-state index in [0.717, 1.165) is 32.5 Å². The van der Waals surface area contributed by atoms with Gasteiger partial charge in [-0.2, -0.15) is 0 Å². The van der Waals surface area contributed by atoms with Gasteiger partial charge in [0.2, 0.25) is 10.0 Å². The fourth-order valence-electron chi connectivity index (χ4n) is 3.04. The molecular weight excluding hydrogens is 262 g/mol. The van der Waals surface area contributed by atoms with Crippen molar-refractivity contribution in [1.29, 1.82) is 0 Å². The number of sulfonamides is 1. The van der Waals surface area contributed by atoms with E-state index >= 15 is 0 Å². The summed E-state index contributed by atoms with van der Waals surface area (Å²) >= 11 is 0. The molecule has 0 radical (unpaired) electrons. The molecule has 0 bridgehead atoms. The summed E-state index contributed by atoms with van der Waals surface area (Å²) in [6.45, 7) is 4.68. The molecule has 5 nitrogen and oxygen atoms in total. The molecule has 0 aliphatic carbocycles. The molecule has 2 rings (SSSR count). The van der Waals surface area contributed by atoms with Crippen molar-refractivity contribution in [3.63, 3.8) is 0 Å². The smallest absolute Gasteiger partial charge is 0.211 e. The zero-order chi connectivity index (χ0) is 13.9. The lowest BCUT2D eigenvalue weighted by Gasteiger charge is -2.34. The fraction of sp³-hybridized carbons (Fsp3) is 1.00. The Morgan fingerprint density at radius 1 is 1.16 bits per heavy atom. The number of nitrogens with zero attached hydrogens (tertiary/aromatic N) is 2. The molecule has 2 heterocycles. The Morgan fingerprint density at radius 2 is 1.84 bits per heavy atom. The Morgan fingerprint density at radius 3 is 2.47 bits per heavy atom. The molecule has 2 saturated heterocycles. The Bertz CT molecular complexity index is 377. The first-order valence-corrected chi connectivity index (χ1v) is 9.17. The van der Waals surface area contributed by atoms with Gasteiger partial charge in [-0.1, -0.05) is 0 Å². The van der Waals surface area contributed by atoms with Gasteiger partial charge in [-0.25, -0.2) is 12.7 Å². The first-order chi connectivity index (χ1) is 8.95. The topological polar surface area (TPSA) is 52.6 Å². The molecule has 112 valence electrons. The predicted molar refractivity (Wildman–Crippen MR) is 77.7 cm³/mol. The van der Waals surface area contributed by atoms with E-state index in [4.69, 9.17) is 0 Å². The molecule has 0 amide bonds. The largest absolute Gasteiger partial charge is 0.314 e. The van der Waals surface area contributed by atoms with Crippen LogP contribution in [0.4, 0.5) is 0 Å². The zero-order valence-corrected chi connectivity index (χ0v) is 13.0. The molecular formula is C13H27N3O2S. The van der Waals surface area contributed by atoms with Crippen molar-refractivity contribution >= 4 is 10.0 Å². The van der Waals surface area contributed by atoms with Crippen molar-refractivity contribution in [2.24, 2.45) is 5.92 Å². The van der Waals surface area contributed by atoms with Gasteiger partial charge < -0.3 is 10.2 Å². The van der Waals surface area contributed by atoms with Crippen LogP contribution in [0.15, 0.2) is 0 Å². The van der Waals surface area contributed by atoms with E-state index in [0.29, 0.717) is 25.0 Å². The Balaban J connectivity index is 1.74. The van der Waals surface area contributed by atoms with Gasteiger partial charge in [-0.3, -0.25) is 0 Å². The lowest BCUT2D eigenvalue weighted by atomic mass is 9.98. The van der Waals surface area contributed by atoms with Crippen LogP contribution < -0.4 is 5.32 Å². The number of nitrogens with one attached hydrogen (secondary N) is 1. The molecule has 2 aliphatic heterocycles. The molecule has 1 unspecified atom stereocenters. The van der Waals surface area contributed by atoms with Crippen LogP contribution in [0.25, 0.3) is 0 Å². The Hall–Kier alpha value is -0.170. The zero-order valence-electron chi connectivity index (χ0n) is 12.1. The average molecular weight is 289 g/mol. The molecule has 0 aromatic heterocycles. The summed E-state index contributed by atoms with van der Waals surface area (Å²) in [4.78, 5) is 2.37. The molecule has 2 aliphatic rings. The molecule has 0 aromatic rings. The lowest BCUT2D eigenvalue weighted by Crippen LogP contribution is -2.46. The summed E-state index contributed by atoms with van der Waals surface area (Å²) in [7, 11) is -0.842. The minimum Gasteiger partial charge on any atom is -0.314 e. The SMILES string of the molecule is CN1CCC(NCC2CCCN(S(C)(=O)=O)C2)CC1. The average Bonchev–Trinajstić information content (AvgIpc) is 2.37. The number of hydrogen-bond acceptors (Lipinski definition) is 4. The van der Waals surface area contributed by atoms with Gasteiger partial charge in [0, 0.05) is 19.1 Å². The normalized spacial score (nSPS) is 28.6. The van der Waals surface area contributed by atoms with Crippen molar-refractivity contribution in [3.8, 4) is 0 Å². The number of rotatable bonds is 4. The third-order valence-corrected chi connectivity index (χ3v) is 5.63. The van der Waals surface area contributed by atoms with Gasteiger partial charge in [0.1, 0.15) is 0 Å². The van der Waals surface area contributed by atoms with Crippen LogP contribution in [0.1, 0.15) is 25.7 Å².